The minimum absolute atomic E-state index is 0.00411. The van der Waals surface area contributed by atoms with Gasteiger partial charge in [0, 0.05) is 68.3 Å². The number of anilines is 3. The third-order valence-corrected chi connectivity index (χ3v) is 11.9. The highest BCUT2D eigenvalue weighted by Crippen LogP contribution is 2.41. The molecule has 6 N–H and O–H groups in total. The van der Waals surface area contributed by atoms with Gasteiger partial charge >= 0.3 is 6.18 Å². The molecule has 19 heteroatoms. The Labute approximate surface area is 337 Å². The second kappa shape index (κ2) is 16.8. The van der Waals surface area contributed by atoms with E-state index >= 15 is 0 Å². The van der Waals surface area contributed by atoms with Crippen molar-refractivity contribution in [2.45, 2.75) is 87.6 Å². The summed E-state index contributed by atoms with van der Waals surface area (Å²) in [5, 5.41) is 15.0. The third-order valence-electron chi connectivity index (χ3n) is 11.9. The van der Waals surface area contributed by atoms with Crippen molar-refractivity contribution < 1.29 is 36.8 Å². The number of hydrogen-bond acceptors (Lipinski definition) is 12. The number of hydrogen-bond donors (Lipinski definition) is 5. The number of benzene rings is 1. The number of piperidine rings is 1. The Morgan fingerprint density at radius 2 is 1.63 bits per heavy atom. The van der Waals surface area contributed by atoms with E-state index in [1.54, 1.807) is 10.9 Å². The van der Waals surface area contributed by atoms with Crippen LogP contribution in [0.4, 0.5) is 30.4 Å². The molecule has 59 heavy (non-hydrogen) atoms. The van der Waals surface area contributed by atoms with Crippen molar-refractivity contribution in [1.82, 2.24) is 34.9 Å². The fraction of sp³-hybridized carbons (Fsp3) is 0.475. The maximum Gasteiger partial charge on any atom is 0.405 e. The van der Waals surface area contributed by atoms with E-state index < -0.39 is 30.6 Å². The van der Waals surface area contributed by atoms with E-state index in [0.717, 1.165) is 76.7 Å². The van der Waals surface area contributed by atoms with E-state index in [1.807, 2.05) is 12.1 Å². The summed E-state index contributed by atoms with van der Waals surface area (Å²) < 4.78 is 45.0. The Kier molecular flexibility index (Phi) is 11.4. The standard InChI is InChI=1S/C40H46F3N11O5/c41-40(42,43)22-46-33-19-24(11-12-45-33)39-49-32(21-59-39)38(58)48-31-20-54(51-35(31)36(44)56)28-7-5-27(6-8-28)52-13-15-53(16-14-52)29-17-25(18-29)23-1-3-26(4-2-23)47-30-9-10-34(55)50-37(30)57/h1-4,11-12,19-21,25,27-30,47H,5-10,13-18,22H2,(H2,44,56)(H,45,46)(H,48,58)(H,50,55,57)/t25?,27?,28?,29?,30-/m0/s1. The molecule has 4 fully saturated rings. The molecular formula is C40H46F3N11O5. The number of aromatic nitrogens is 4. The summed E-state index contributed by atoms with van der Waals surface area (Å²) in [6, 6.07) is 11.8. The first-order chi connectivity index (χ1) is 28.3. The number of carbonyl (C=O) groups is 4. The molecule has 2 aliphatic heterocycles. The fourth-order valence-electron chi connectivity index (χ4n) is 8.60. The average molecular weight is 818 g/mol. The first-order valence-corrected chi connectivity index (χ1v) is 20.0. The normalized spacial score (nSPS) is 24.2. The van der Waals surface area contributed by atoms with Gasteiger partial charge in [0.2, 0.25) is 17.7 Å². The van der Waals surface area contributed by atoms with Gasteiger partial charge < -0.3 is 26.1 Å². The molecule has 4 aliphatic rings. The van der Waals surface area contributed by atoms with E-state index in [0.29, 0.717) is 36.4 Å². The molecule has 1 atom stereocenters. The predicted molar refractivity (Wildman–Crippen MR) is 209 cm³/mol. The Morgan fingerprint density at radius 1 is 0.932 bits per heavy atom. The number of imide groups is 1. The number of halogens is 3. The maximum absolute atomic E-state index is 13.2. The third kappa shape index (κ3) is 9.41. The van der Waals surface area contributed by atoms with Crippen molar-refractivity contribution in [2.75, 3.05) is 48.7 Å². The highest BCUT2D eigenvalue weighted by atomic mass is 19.4. The van der Waals surface area contributed by atoms with E-state index in [2.05, 4.69) is 58.3 Å². The smallest absolute Gasteiger partial charge is 0.405 e. The topological polar surface area (TPSA) is 206 Å². The molecule has 5 heterocycles. The summed E-state index contributed by atoms with van der Waals surface area (Å²) in [5.41, 5.74) is 8.10. The quantitative estimate of drug-likeness (QED) is 0.125. The number of rotatable bonds is 12. The number of pyridine rings is 1. The second-order valence-electron chi connectivity index (χ2n) is 15.8. The first kappa shape index (κ1) is 40.0. The largest absolute Gasteiger partial charge is 0.444 e. The van der Waals surface area contributed by atoms with Gasteiger partial charge in [-0.1, -0.05) is 12.1 Å². The lowest BCUT2D eigenvalue weighted by atomic mass is 9.75. The molecule has 0 unspecified atom stereocenters. The summed E-state index contributed by atoms with van der Waals surface area (Å²) in [5.74, 6) is -1.49. The molecule has 0 radical (unpaired) electrons. The Hall–Kier alpha value is -5.82. The number of nitrogens with two attached hydrogens (primary N) is 1. The lowest BCUT2D eigenvalue weighted by Crippen LogP contribution is -2.56. The zero-order chi connectivity index (χ0) is 41.3. The second-order valence-corrected chi connectivity index (χ2v) is 15.8. The summed E-state index contributed by atoms with van der Waals surface area (Å²) in [6.07, 6.45) is 6.34. The molecule has 8 rings (SSSR count). The van der Waals surface area contributed by atoms with Crippen LogP contribution in [0.2, 0.25) is 0 Å². The van der Waals surface area contributed by atoms with Gasteiger partial charge in [0.1, 0.15) is 24.7 Å². The van der Waals surface area contributed by atoms with Crippen LogP contribution in [0.5, 0.6) is 0 Å². The van der Waals surface area contributed by atoms with Crippen LogP contribution in [-0.4, -0.2) is 110 Å². The lowest BCUT2D eigenvalue weighted by Gasteiger charge is -2.48. The number of alkyl halides is 3. The fourth-order valence-corrected chi connectivity index (χ4v) is 8.60. The van der Waals surface area contributed by atoms with Crippen molar-refractivity contribution in [2.24, 2.45) is 5.73 Å². The summed E-state index contributed by atoms with van der Waals surface area (Å²) in [7, 11) is 0. The number of amides is 4. The molecule has 0 spiro atoms. The van der Waals surface area contributed by atoms with Gasteiger partial charge in [0.05, 0.1) is 11.7 Å². The molecule has 3 aromatic heterocycles. The SMILES string of the molecule is NC(=O)c1nn(C2CCC(N3CCN(C4CC(c5ccc(N[C@H]6CCC(=O)NC6=O)cc5)C4)CC3)CC2)cc1NC(=O)c1coc(-c2ccnc(NCC(F)(F)F)c2)n1. The number of carbonyl (C=O) groups excluding carboxylic acids is 4. The van der Waals surface area contributed by atoms with Crippen LogP contribution in [0.1, 0.15) is 89.9 Å². The number of oxazole rings is 1. The lowest BCUT2D eigenvalue weighted by molar-refractivity contribution is -0.133. The van der Waals surface area contributed by atoms with Crippen LogP contribution in [0.3, 0.4) is 0 Å². The highest BCUT2D eigenvalue weighted by molar-refractivity contribution is 6.07. The van der Waals surface area contributed by atoms with Gasteiger partial charge in [0.15, 0.2) is 11.4 Å². The van der Waals surface area contributed by atoms with Gasteiger partial charge in [-0.3, -0.25) is 39.0 Å². The zero-order valence-electron chi connectivity index (χ0n) is 32.2. The molecule has 2 saturated carbocycles. The molecule has 2 aliphatic carbocycles. The van der Waals surface area contributed by atoms with Crippen LogP contribution in [0, 0.1) is 0 Å². The Morgan fingerprint density at radius 3 is 2.31 bits per heavy atom. The minimum atomic E-state index is -4.43. The van der Waals surface area contributed by atoms with Crippen molar-refractivity contribution in [3.05, 3.63) is 72.0 Å². The number of piperazine rings is 1. The van der Waals surface area contributed by atoms with Crippen LogP contribution in [0.25, 0.3) is 11.5 Å². The molecule has 0 bridgehead atoms. The van der Waals surface area contributed by atoms with Gasteiger partial charge in [-0.15, -0.1) is 0 Å². The van der Waals surface area contributed by atoms with Crippen molar-refractivity contribution in [1.29, 1.82) is 0 Å². The molecular weight excluding hydrogens is 772 g/mol. The van der Waals surface area contributed by atoms with Gasteiger partial charge in [0.25, 0.3) is 11.8 Å². The molecule has 1 aromatic carbocycles. The van der Waals surface area contributed by atoms with Crippen LogP contribution in [-0.2, 0) is 9.59 Å². The predicted octanol–water partition coefficient (Wildman–Crippen LogP) is 4.52. The molecule has 4 amide bonds. The molecule has 4 aromatic rings. The van der Waals surface area contributed by atoms with Crippen LogP contribution in [0.15, 0.2) is 59.5 Å². The van der Waals surface area contributed by atoms with Crippen LogP contribution < -0.4 is 27.0 Å². The Bertz CT molecular complexity index is 2170. The maximum atomic E-state index is 13.2. The molecule has 312 valence electrons. The van der Waals surface area contributed by atoms with E-state index in [-0.39, 0.29) is 46.6 Å². The highest BCUT2D eigenvalue weighted by Gasteiger charge is 2.38. The van der Waals surface area contributed by atoms with E-state index in [9.17, 15) is 32.3 Å². The van der Waals surface area contributed by atoms with Crippen molar-refractivity contribution in [3.63, 3.8) is 0 Å². The van der Waals surface area contributed by atoms with Gasteiger partial charge in [-0.25, -0.2) is 9.97 Å². The summed E-state index contributed by atoms with van der Waals surface area (Å²) in [6.45, 7) is 2.83. The monoisotopic (exact) mass is 817 g/mol. The van der Waals surface area contributed by atoms with Crippen molar-refractivity contribution in [3.8, 4) is 11.5 Å². The van der Waals surface area contributed by atoms with Gasteiger partial charge in [-0.05, 0) is 80.7 Å². The summed E-state index contributed by atoms with van der Waals surface area (Å²) in [4.78, 5) is 62.3. The van der Waals surface area contributed by atoms with E-state index in [1.165, 1.54) is 23.9 Å². The molecule has 2 saturated heterocycles. The Balaban J connectivity index is 0.785. The number of nitrogens with one attached hydrogen (secondary N) is 4. The average Bonchev–Trinajstić information content (AvgIpc) is 3.87. The van der Waals surface area contributed by atoms with Crippen LogP contribution >= 0.6 is 0 Å². The minimum Gasteiger partial charge on any atom is -0.444 e. The zero-order valence-corrected chi connectivity index (χ0v) is 32.2. The molecule has 16 nitrogen and oxygen atoms in total. The first-order valence-electron chi connectivity index (χ1n) is 20.0. The number of primary amides is 1. The van der Waals surface area contributed by atoms with Crippen molar-refractivity contribution >= 4 is 40.8 Å². The van der Waals surface area contributed by atoms with Gasteiger partial charge in [-0.2, -0.15) is 18.3 Å². The van der Waals surface area contributed by atoms with E-state index in [4.69, 9.17) is 10.2 Å². The number of nitrogens with zero attached hydrogens (tertiary/aromatic N) is 6. The summed E-state index contributed by atoms with van der Waals surface area (Å²) >= 11 is 0.